The van der Waals surface area contributed by atoms with Crippen molar-refractivity contribution >= 4 is 0 Å². The third kappa shape index (κ3) is 6.99. The van der Waals surface area contributed by atoms with E-state index in [1.807, 2.05) is 6.92 Å². The summed E-state index contributed by atoms with van der Waals surface area (Å²) in [4.78, 5) is 2.27. The summed E-state index contributed by atoms with van der Waals surface area (Å²) in [7, 11) is 2.11. The van der Waals surface area contributed by atoms with Crippen molar-refractivity contribution in [2.45, 2.75) is 20.8 Å². The van der Waals surface area contributed by atoms with E-state index in [0.29, 0.717) is 0 Å². The molecular formula is C10H24N2O. The molecule has 0 aromatic carbocycles. The van der Waals surface area contributed by atoms with Crippen LogP contribution in [-0.4, -0.2) is 44.8 Å². The van der Waals surface area contributed by atoms with Crippen molar-refractivity contribution in [2.24, 2.45) is 11.1 Å². The van der Waals surface area contributed by atoms with Crippen LogP contribution in [0.5, 0.6) is 0 Å². The molecule has 0 saturated carbocycles. The maximum absolute atomic E-state index is 5.65. The van der Waals surface area contributed by atoms with Gasteiger partial charge in [0.15, 0.2) is 0 Å². The molecule has 2 N–H and O–H groups in total. The molecule has 0 aliphatic rings. The van der Waals surface area contributed by atoms with Gasteiger partial charge in [0.1, 0.15) is 0 Å². The molecule has 0 amide bonds. The third-order valence-corrected chi connectivity index (χ3v) is 2.07. The second-order valence-corrected chi connectivity index (χ2v) is 4.30. The van der Waals surface area contributed by atoms with E-state index in [2.05, 4.69) is 25.8 Å². The minimum Gasteiger partial charge on any atom is -0.380 e. The van der Waals surface area contributed by atoms with E-state index in [9.17, 15) is 0 Å². The molecular weight excluding hydrogens is 164 g/mol. The average molecular weight is 188 g/mol. The van der Waals surface area contributed by atoms with Crippen LogP contribution in [0.2, 0.25) is 0 Å². The van der Waals surface area contributed by atoms with Crippen molar-refractivity contribution in [1.82, 2.24) is 4.90 Å². The third-order valence-electron chi connectivity index (χ3n) is 2.07. The predicted molar refractivity (Wildman–Crippen MR) is 56.8 cm³/mol. The highest BCUT2D eigenvalue weighted by Gasteiger charge is 2.17. The Bertz CT molecular complexity index is 126. The van der Waals surface area contributed by atoms with Gasteiger partial charge in [-0.15, -0.1) is 0 Å². The lowest BCUT2D eigenvalue weighted by molar-refractivity contribution is 0.108. The Morgan fingerprint density at radius 2 is 2.00 bits per heavy atom. The quantitative estimate of drug-likeness (QED) is 0.604. The average Bonchev–Trinajstić information content (AvgIpc) is 2.04. The molecule has 0 bridgehead atoms. The fraction of sp³-hybridized carbons (Fsp3) is 1.00. The number of nitrogens with zero attached hydrogens (tertiary/aromatic N) is 1. The topological polar surface area (TPSA) is 38.5 Å². The molecule has 0 aromatic rings. The maximum Gasteiger partial charge on any atom is 0.0593 e. The highest BCUT2D eigenvalue weighted by Crippen LogP contribution is 2.13. The van der Waals surface area contributed by atoms with Gasteiger partial charge in [0.25, 0.3) is 0 Å². The first-order chi connectivity index (χ1) is 6.02. The van der Waals surface area contributed by atoms with E-state index in [1.54, 1.807) is 0 Å². The molecule has 0 fully saturated rings. The summed E-state index contributed by atoms with van der Waals surface area (Å²) in [6, 6.07) is 0. The summed E-state index contributed by atoms with van der Waals surface area (Å²) < 4.78 is 5.28. The minimum absolute atomic E-state index is 0.209. The van der Waals surface area contributed by atoms with Gasteiger partial charge in [-0.3, -0.25) is 0 Å². The van der Waals surface area contributed by atoms with Gasteiger partial charge in [-0.25, -0.2) is 0 Å². The molecule has 0 aliphatic carbocycles. The molecule has 13 heavy (non-hydrogen) atoms. The lowest BCUT2D eigenvalue weighted by Gasteiger charge is -2.28. The Kier molecular flexibility index (Phi) is 6.29. The number of nitrogens with two attached hydrogens (primary N) is 1. The zero-order valence-electron chi connectivity index (χ0n) is 9.47. The predicted octanol–water partition coefficient (Wildman–Crippen LogP) is 0.940. The van der Waals surface area contributed by atoms with Crippen LogP contribution in [-0.2, 0) is 4.74 Å². The molecule has 0 rings (SSSR count). The van der Waals surface area contributed by atoms with E-state index in [-0.39, 0.29) is 5.41 Å². The van der Waals surface area contributed by atoms with E-state index in [4.69, 9.17) is 10.5 Å². The lowest BCUT2D eigenvalue weighted by Crippen LogP contribution is -2.38. The van der Waals surface area contributed by atoms with Gasteiger partial charge in [-0.05, 0) is 25.9 Å². The Morgan fingerprint density at radius 3 is 2.46 bits per heavy atom. The fourth-order valence-corrected chi connectivity index (χ4v) is 1.24. The van der Waals surface area contributed by atoms with Crippen LogP contribution >= 0.6 is 0 Å². The molecule has 80 valence electrons. The SMILES string of the molecule is CCOCCN(C)CC(C)(C)CN. The molecule has 0 unspecified atom stereocenters. The molecule has 0 heterocycles. The maximum atomic E-state index is 5.65. The number of hydrogen-bond acceptors (Lipinski definition) is 3. The van der Waals surface area contributed by atoms with Crippen LogP contribution in [0.3, 0.4) is 0 Å². The van der Waals surface area contributed by atoms with Gasteiger partial charge >= 0.3 is 0 Å². The summed E-state index contributed by atoms with van der Waals surface area (Å²) in [5.74, 6) is 0. The van der Waals surface area contributed by atoms with Crippen molar-refractivity contribution in [1.29, 1.82) is 0 Å². The van der Waals surface area contributed by atoms with E-state index < -0.39 is 0 Å². The Hall–Kier alpha value is -0.120. The molecule has 3 heteroatoms. The van der Waals surface area contributed by atoms with E-state index in [0.717, 1.165) is 32.8 Å². The van der Waals surface area contributed by atoms with Gasteiger partial charge in [-0.1, -0.05) is 13.8 Å². The number of ether oxygens (including phenoxy) is 1. The summed E-state index contributed by atoms with van der Waals surface area (Å²) >= 11 is 0. The first-order valence-electron chi connectivity index (χ1n) is 4.98. The molecule has 0 radical (unpaired) electrons. The summed E-state index contributed by atoms with van der Waals surface area (Å²) in [6.45, 7) is 10.7. The lowest BCUT2D eigenvalue weighted by atomic mass is 9.93. The van der Waals surface area contributed by atoms with Crippen LogP contribution in [0, 0.1) is 5.41 Å². The van der Waals surface area contributed by atoms with Crippen molar-refractivity contribution in [3.05, 3.63) is 0 Å². The standard InChI is InChI=1S/C10H24N2O/c1-5-13-7-6-12(4)9-10(2,3)8-11/h5-9,11H2,1-4H3. The molecule has 0 saturated heterocycles. The first kappa shape index (κ1) is 12.9. The molecule has 3 nitrogen and oxygen atoms in total. The fourth-order valence-electron chi connectivity index (χ4n) is 1.24. The van der Waals surface area contributed by atoms with E-state index >= 15 is 0 Å². The highest BCUT2D eigenvalue weighted by atomic mass is 16.5. The van der Waals surface area contributed by atoms with Crippen LogP contribution in [0.25, 0.3) is 0 Å². The number of hydrogen-bond donors (Lipinski definition) is 1. The summed E-state index contributed by atoms with van der Waals surface area (Å²) in [6.07, 6.45) is 0. The Morgan fingerprint density at radius 1 is 1.38 bits per heavy atom. The van der Waals surface area contributed by atoms with Crippen LogP contribution in [0.4, 0.5) is 0 Å². The molecule has 0 aliphatic heterocycles. The second kappa shape index (κ2) is 6.35. The summed E-state index contributed by atoms with van der Waals surface area (Å²) in [5, 5.41) is 0. The molecule has 0 atom stereocenters. The van der Waals surface area contributed by atoms with Crippen molar-refractivity contribution in [3.63, 3.8) is 0 Å². The molecule has 0 aromatic heterocycles. The Balaban J connectivity index is 3.55. The Labute approximate surface area is 82.2 Å². The summed E-state index contributed by atoms with van der Waals surface area (Å²) in [5.41, 5.74) is 5.86. The van der Waals surface area contributed by atoms with Gasteiger partial charge in [0.05, 0.1) is 6.61 Å². The number of likely N-dealkylation sites (N-methyl/N-ethyl adjacent to an activating group) is 1. The van der Waals surface area contributed by atoms with Gasteiger partial charge in [-0.2, -0.15) is 0 Å². The van der Waals surface area contributed by atoms with Crippen molar-refractivity contribution in [3.8, 4) is 0 Å². The zero-order valence-corrected chi connectivity index (χ0v) is 9.47. The van der Waals surface area contributed by atoms with Crippen LogP contribution in [0.15, 0.2) is 0 Å². The van der Waals surface area contributed by atoms with Crippen LogP contribution in [0.1, 0.15) is 20.8 Å². The van der Waals surface area contributed by atoms with Crippen molar-refractivity contribution in [2.75, 3.05) is 39.9 Å². The molecule has 0 spiro atoms. The second-order valence-electron chi connectivity index (χ2n) is 4.30. The zero-order chi connectivity index (χ0) is 10.3. The first-order valence-corrected chi connectivity index (χ1v) is 4.98. The largest absolute Gasteiger partial charge is 0.380 e. The van der Waals surface area contributed by atoms with Gasteiger partial charge in [0.2, 0.25) is 0 Å². The van der Waals surface area contributed by atoms with Gasteiger partial charge < -0.3 is 15.4 Å². The van der Waals surface area contributed by atoms with Crippen LogP contribution < -0.4 is 5.73 Å². The van der Waals surface area contributed by atoms with Crippen molar-refractivity contribution < 1.29 is 4.74 Å². The van der Waals surface area contributed by atoms with E-state index in [1.165, 1.54) is 0 Å². The smallest absolute Gasteiger partial charge is 0.0593 e. The monoisotopic (exact) mass is 188 g/mol. The normalized spacial score (nSPS) is 12.5. The highest BCUT2D eigenvalue weighted by molar-refractivity contribution is 4.72. The number of rotatable bonds is 7. The minimum atomic E-state index is 0.209. The van der Waals surface area contributed by atoms with Gasteiger partial charge in [0, 0.05) is 19.7 Å².